The molecule has 1 aliphatic carbocycles. The van der Waals surface area contributed by atoms with E-state index in [2.05, 4.69) is 86.0 Å². The minimum absolute atomic E-state index is 0.736. The summed E-state index contributed by atoms with van der Waals surface area (Å²) in [5.41, 5.74) is 5.20. The molecule has 0 saturated heterocycles. The largest absolute Gasteiger partial charge is 0.492 e. The Morgan fingerprint density at radius 2 is 0.938 bits per heavy atom. The van der Waals surface area contributed by atoms with Crippen molar-refractivity contribution in [1.29, 1.82) is 0 Å². The summed E-state index contributed by atoms with van der Waals surface area (Å²) in [6.45, 7) is 17.4. The summed E-state index contributed by atoms with van der Waals surface area (Å²) >= 11 is 0. The highest BCUT2D eigenvalue weighted by Crippen LogP contribution is 2.50. The average molecular weight is 657 g/mol. The Bertz CT molecular complexity index is 1300. The zero-order valence-corrected chi connectivity index (χ0v) is 31.3. The lowest BCUT2D eigenvalue weighted by Gasteiger charge is -2.23. The van der Waals surface area contributed by atoms with Gasteiger partial charge >= 0.3 is 0 Å². The standard InChI is InChI=1S/C44H68N2O2/c1-5-9-13-17-28-45(29-18-14-10-6-2)32-34-47-37-24-25-38-39-22-21-23-41-43(27-26-40(44(39)41)42(38)36-37)48-35-33-46(30-19-15-11-7-3)31-20-16-12-8-4/h21-27,36H,5-20,28-35H2,1-4H3. The first kappa shape index (κ1) is 38.2. The van der Waals surface area contributed by atoms with Crippen molar-refractivity contribution < 1.29 is 9.47 Å². The molecular weight excluding hydrogens is 588 g/mol. The van der Waals surface area contributed by atoms with Crippen LogP contribution < -0.4 is 9.47 Å². The third kappa shape index (κ3) is 11.8. The number of hydrogen-bond acceptors (Lipinski definition) is 4. The van der Waals surface area contributed by atoms with Crippen molar-refractivity contribution in [2.24, 2.45) is 0 Å². The van der Waals surface area contributed by atoms with Gasteiger partial charge in [0.25, 0.3) is 0 Å². The van der Waals surface area contributed by atoms with Gasteiger partial charge in [-0.05, 0) is 92.3 Å². The van der Waals surface area contributed by atoms with Gasteiger partial charge in [0.1, 0.15) is 24.7 Å². The lowest BCUT2D eigenvalue weighted by molar-refractivity contribution is 0.202. The molecule has 0 saturated carbocycles. The number of rotatable bonds is 28. The van der Waals surface area contributed by atoms with Gasteiger partial charge in [-0.15, -0.1) is 0 Å². The topological polar surface area (TPSA) is 24.9 Å². The Balaban J connectivity index is 1.37. The molecule has 266 valence electrons. The summed E-state index contributed by atoms with van der Waals surface area (Å²) in [5.74, 6) is 1.99. The van der Waals surface area contributed by atoms with Crippen molar-refractivity contribution in [2.45, 2.75) is 130 Å². The normalized spacial score (nSPS) is 12.0. The maximum Gasteiger partial charge on any atom is 0.127 e. The Morgan fingerprint density at radius 3 is 1.48 bits per heavy atom. The van der Waals surface area contributed by atoms with Crippen LogP contribution in [-0.4, -0.2) is 62.3 Å². The summed E-state index contributed by atoms with van der Waals surface area (Å²) in [5, 5.41) is 2.55. The first-order valence-corrected chi connectivity index (χ1v) is 20.1. The number of hydrogen-bond donors (Lipinski definition) is 0. The van der Waals surface area contributed by atoms with Crippen LogP contribution in [0, 0.1) is 0 Å². The van der Waals surface area contributed by atoms with Gasteiger partial charge in [0, 0.05) is 23.9 Å². The fourth-order valence-electron chi connectivity index (χ4n) is 7.32. The summed E-state index contributed by atoms with van der Waals surface area (Å²) < 4.78 is 13.0. The van der Waals surface area contributed by atoms with Crippen LogP contribution in [-0.2, 0) is 0 Å². The maximum absolute atomic E-state index is 6.55. The summed E-state index contributed by atoms with van der Waals surface area (Å²) in [7, 11) is 0. The highest BCUT2D eigenvalue weighted by Gasteiger charge is 2.23. The maximum atomic E-state index is 6.55. The monoisotopic (exact) mass is 657 g/mol. The number of ether oxygens (including phenoxy) is 2. The lowest BCUT2D eigenvalue weighted by Crippen LogP contribution is -2.30. The summed E-state index contributed by atoms with van der Waals surface area (Å²) in [6.07, 6.45) is 21.1. The fourth-order valence-corrected chi connectivity index (χ4v) is 7.32. The molecule has 0 radical (unpaired) electrons. The van der Waals surface area contributed by atoms with Crippen LogP contribution in [0.5, 0.6) is 11.5 Å². The number of unbranched alkanes of at least 4 members (excludes halogenated alkanes) is 12. The molecule has 0 fully saturated rings. The molecule has 4 heteroatoms. The van der Waals surface area contributed by atoms with E-state index in [4.69, 9.17) is 9.47 Å². The molecule has 0 atom stereocenters. The van der Waals surface area contributed by atoms with E-state index in [0.717, 1.165) is 37.8 Å². The molecule has 1 aliphatic rings. The Labute approximate surface area is 294 Å². The van der Waals surface area contributed by atoms with Gasteiger partial charge in [-0.1, -0.05) is 135 Å². The molecule has 0 N–H and O–H groups in total. The van der Waals surface area contributed by atoms with E-state index in [1.807, 2.05) is 0 Å². The fraction of sp³-hybridized carbons (Fsp3) is 0.636. The van der Waals surface area contributed by atoms with E-state index in [0.29, 0.717) is 0 Å². The Morgan fingerprint density at radius 1 is 0.438 bits per heavy atom. The van der Waals surface area contributed by atoms with Gasteiger partial charge in [-0.2, -0.15) is 0 Å². The second kappa shape index (κ2) is 22.2. The molecule has 0 aromatic heterocycles. The predicted molar refractivity (Wildman–Crippen MR) is 209 cm³/mol. The highest BCUT2D eigenvalue weighted by atomic mass is 16.5. The molecular formula is C44H68N2O2. The molecule has 0 heterocycles. The highest BCUT2D eigenvalue weighted by molar-refractivity contribution is 6.16. The minimum atomic E-state index is 0.736. The van der Waals surface area contributed by atoms with Gasteiger partial charge < -0.3 is 9.47 Å². The number of fused-ring (bicyclic) bond motifs is 3. The Kier molecular flexibility index (Phi) is 17.7. The van der Waals surface area contributed by atoms with Crippen molar-refractivity contribution in [3.8, 4) is 33.8 Å². The molecule has 3 aromatic rings. The van der Waals surface area contributed by atoms with E-state index in [1.165, 1.54) is 162 Å². The van der Waals surface area contributed by atoms with E-state index in [1.54, 1.807) is 0 Å². The SMILES string of the molecule is CCCCCCN(CCCCCC)CCOc1ccc2c(c1)-c1ccc(OCCN(CCCCCC)CCCCCC)c3cccc-2c13. The van der Waals surface area contributed by atoms with Gasteiger partial charge in [0.15, 0.2) is 0 Å². The predicted octanol–water partition coefficient (Wildman–Crippen LogP) is 12.2. The van der Waals surface area contributed by atoms with Crippen LogP contribution in [0.4, 0.5) is 0 Å². The van der Waals surface area contributed by atoms with E-state index in [-0.39, 0.29) is 0 Å². The molecule has 0 amide bonds. The van der Waals surface area contributed by atoms with Crippen LogP contribution in [0.25, 0.3) is 33.0 Å². The smallest absolute Gasteiger partial charge is 0.127 e. The third-order valence-corrected chi connectivity index (χ3v) is 10.2. The first-order valence-electron chi connectivity index (χ1n) is 20.1. The van der Waals surface area contributed by atoms with Crippen molar-refractivity contribution in [1.82, 2.24) is 9.80 Å². The zero-order valence-electron chi connectivity index (χ0n) is 31.3. The summed E-state index contributed by atoms with van der Waals surface area (Å²) in [6, 6.07) is 17.9. The molecule has 4 rings (SSSR count). The lowest BCUT2D eigenvalue weighted by atomic mass is 10.0. The molecule has 0 unspecified atom stereocenters. The van der Waals surface area contributed by atoms with Crippen molar-refractivity contribution in [2.75, 3.05) is 52.5 Å². The molecule has 0 bridgehead atoms. The van der Waals surface area contributed by atoms with Gasteiger partial charge in [0.05, 0.1) is 0 Å². The number of benzene rings is 3. The van der Waals surface area contributed by atoms with Crippen LogP contribution in [0.15, 0.2) is 48.5 Å². The molecule has 4 nitrogen and oxygen atoms in total. The van der Waals surface area contributed by atoms with E-state index < -0.39 is 0 Å². The first-order chi connectivity index (χ1) is 23.7. The zero-order chi connectivity index (χ0) is 33.8. The van der Waals surface area contributed by atoms with Crippen molar-refractivity contribution >= 4 is 10.8 Å². The van der Waals surface area contributed by atoms with Crippen LogP contribution >= 0.6 is 0 Å². The van der Waals surface area contributed by atoms with Crippen LogP contribution in [0.1, 0.15) is 130 Å². The summed E-state index contributed by atoms with van der Waals surface area (Å²) in [4.78, 5) is 5.27. The second-order valence-corrected chi connectivity index (χ2v) is 14.2. The van der Waals surface area contributed by atoms with Gasteiger partial charge in [-0.25, -0.2) is 0 Å². The van der Waals surface area contributed by atoms with E-state index >= 15 is 0 Å². The second-order valence-electron chi connectivity index (χ2n) is 14.2. The molecule has 0 aliphatic heterocycles. The quantitative estimate of drug-likeness (QED) is 0.0568. The van der Waals surface area contributed by atoms with Crippen LogP contribution in [0.2, 0.25) is 0 Å². The van der Waals surface area contributed by atoms with Gasteiger partial charge in [0.2, 0.25) is 0 Å². The van der Waals surface area contributed by atoms with Crippen molar-refractivity contribution in [3.63, 3.8) is 0 Å². The van der Waals surface area contributed by atoms with Crippen LogP contribution in [0.3, 0.4) is 0 Å². The Hall–Kier alpha value is -2.56. The van der Waals surface area contributed by atoms with Gasteiger partial charge in [-0.3, -0.25) is 9.80 Å². The third-order valence-electron chi connectivity index (χ3n) is 10.2. The van der Waals surface area contributed by atoms with Crippen molar-refractivity contribution in [3.05, 3.63) is 48.5 Å². The minimum Gasteiger partial charge on any atom is -0.492 e. The molecule has 0 spiro atoms. The molecule has 48 heavy (non-hydrogen) atoms. The molecule has 3 aromatic carbocycles. The average Bonchev–Trinajstić information content (AvgIpc) is 3.43. The number of nitrogens with zero attached hydrogens (tertiary/aromatic N) is 2. The van der Waals surface area contributed by atoms with E-state index in [9.17, 15) is 0 Å².